The summed E-state index contributed by atoms with van der Waals surface area (Å²) >= 11 is 0. The summed E-state index contributed by atoms with van der Waals surface area (Å²) in [5.41, 5.74) is 7.87. The summed E-state index contributed by atoms with van der Waals surface area (Å²) in [7, 11) is 0. The SMILES string of the molecule is NCc1ccc(-c2nnc3n2CCCC3)cc1. The fourth-order valence-electron chi connectivity index (χ4n) is 2.31. The largest absolute Gasteiger partial charge is 0.326 e. The summed E-state index contributed by atoms with van der Waals surface area (Å²) in [6.45, 7) is 1.62. The van der Waals surface area contributed by atoms with E-state index in [0.29, 0.717) is 6.54 Å². The Morgan fingerprint density at radius 1 is 1.12 bits per heavy atom. The lowest BCUT2D eigenvalue weighted by atomic mass is 10.1. The van der Waals surface area contributed by atoms with Gasteiger partial charge in [0.25, 0.3) is 0 Å². The van der Waals surface area contributed by atoms with Crippen LogP contribution in [0.4, 0.5) is 0 Å². The highest BCUT2D eigenvalue weighted by Gasteiger charge is 2.16. The molecule has 0 bridgehead atoms. The van der Waals surface area contributed by atoms with Crippen LogP contribution in [0, 0.1) is 0 Å². The van der Waals surface area contributed by atoms with Crippen molar-refractivity contribution in [3.63, 3.8) is 0 Å². The zero-order valence-corrected chi connectivity index (χ0v) is 9.76. The fraction of sp³-hybridized carbons (Fsp3) is 0.385. The van der Waals surface area contributed by atoms with Crippen molar-refractivity contribution in [1.82, 2.24) is 14.8 Å². The second kappa shape index (κ2) is 4.30. The molecule has 0 unspecified atom stereocenters. The number of benzene rings is 1. The fourth-order valence-corrected chi connectivity index (χ4v) is 2.31. The highest BCUT2D eigenvalue weighted by Crippen LogP contribution is 2.22. The molecule has 88 valence electrons. The Morgan fingerprint density at radius 2 is 1.94 bits per heavy atom. The Morgan fingerprint density at radius 3 is 2.71 bits per heavy atom. The Kier molecular flexibility index (Phi) is 2.65. The van der Waals surface area contributed by atoms with E-state index in [1.807, 2.05) is 0 Å². The zero-order valence-electron chi connectivity index (χ0n) is 9.76. The number of aryl methyl sites for hydroxylation is 1. The van der Waals surface area contributed by atoms with Crippen LogP contribution in [-0.4, -0.2) is 14.8 Å². The van der Waals surface area contributed by atoms with Gasteiger partial charge in [0.1, 0.15) is 5.82 Å². The molecule has 0 saturated carbocycles. The molecule has 0 spiro atoms. The molecule has 1 aromatic carbocycles. The third-order valence-corrected chi connectivity index (χ3v) is 3.31. The minimum Gasteiger partial charge on any atom is -0.326 e. The van der Waals surface area contributed by atoms with Crippen LogP contribution in [0.25, 0.3) is 11.4 Å². The first-order valence-corrected chi connectivity index (χ1v) is 6.10. The summed E-state index contributed by atoms with van der Waals surface area (Å²) in [6, 6.07) is 8.27. The van der Waals surface area contributed by atoms with E-state index in [0.717, 1.165) is 35.7 Å². The topological polar surface area (TPSA) is 56.7 Å². The van der Waals surface area contributed by atoms with Gasteiger partial charge in [-0.2, -0.15) is 0 Å². The van der Waals surface area contributed by atoms with Gasteiger partial charge < -0.3 is 10.3 Å². The van der Waals surface area contributed by atoms with Crippen LogP contribution >= 0.6 is 0 Å². The number of rotatable bonds is 2. The van der Waals surface area contributed by atoms with Crippen LogP contribution in [0.5, 0.6) is 0 Å². The van der Waals surface area contributed by atoms with E-state index in [4.69, 9.17) is 5.73 Å². The van der Waals surface area contributed by atoms with Crippen LogP contribution in [0.1, 0.15) is 24.2 Å². The minimum atomic E-state index is 0.582. The lowest BCUT2D eigenvalue weighted by Crippen LogP contribution is -2.11. The standard InChI is InChI=1S/C13H16N4/c14-9-10-4-6-11(7-5-10)13-16-15-12-3-1-2-8-17(12)13/h4-7H,1-3,8-9,14H2. The number of hydrogen-bond acceptors (Lipinski definition) is 3. The van der Waals surface area contributed by atoms with Gasteiger partial charge in [-0.3, -0.25) is 0 Å². The molecule has 1 aliphatic rings. The zero-order chi connectivity index (χ0) is 11.7. The Bertz CT molecular complexity index is 513. The van der Waals surface area contributed by atoms with E-state index in [-0.39, 0.29) is 0 Å². The average Bonchev–Trinajstić information content (AvgIpc) is 2.83. The Balaban J connectivity index is 2.00. The van der Waals surface area contributed by atoms with Crippen LogP contribution < -0.4 is 5.73 Å². The molecular weight excluding hydrogens is 212 g/mol. The maximum Gasteiger partial charge on any atom is 0.163 e. The molecule has 4 heteroatoms. The summed E-state index contributed by atoms with van der Waals surface area (Å²) in [6.07, 6.45) is 3.50. The van der Waals surface area contributed by atoms with Crippen molar-refractivity contribution in [3.8, 4) is 11.4 Å². The highest BCUT2D eigenvalue weighted by atomic mass is 15.3. The van der Waals surface area contributed by atoms with Crippen LogP contribution in [0.3, 0.4) is 0 Å². The van der Waals surface area contributed by atoms with Gasteiger partial charge in [0, 0.05) is 25.1 Å². The third-order valence-electron chi connectivity index (χ3n) is 3.31. The maximum absolute atomic E-state index is 5.60. The third kappa shape index (κ3) is 1.85. The summed E-state index contributed by atoms with van der Waals surface area (Å²) < 4.78 is 2.24. The Labute approximate surface area is 100 Å². The van der Waals surface area contributed by atoms with Gasteiger partial charge in [0.05, 0.1) is 0 Å². The molecule has 1 aliphatic heterocycles. The average molecular weight is 228 g/mol. The predicted molar refractivity (Wildman–Crippen MR) is 66.3 cm³/mol. The number of nitrogens with zero attached hydrogens (tertiary/aromatic N) is 3. The molecule has 0 amide bonds. The summed E-state index contributed by atoms with van der Waals surface area (Å²) in [5.74, 6) is 2.11. The van der Waals surface area contributed by atoms with Crippen LogP contribution in [0.2, 0.25) is 0 Å². The molecule has 3 rings (SSSR count). The van der Waals surface area contributed by atoms with Gasteiger partial charge in [0.2, 0.25) is 0 Å². The van der Waals surface area contributed by atoms with Gasteiger partial charge in [-0.15, -0.1) is 10.2 Å². The van der Waals surface area contributed by atoms with Gasteiger partial charge in [0.15, 0.2) is 5.82 Å². The van der Waals surface area contributed by atoms with Crippen molar-refractivity contribution < 1.29 is 0 Å². The molecule has 2 heterocycles. The van der Waals surface area contributed by atoms with E-state index in [1.165, 1.54) is 12.8 Å². The molecule has 4 nitrogen and oxygen atoms in total. The summed E-state index contributed by atoms with van der Waals surface area (Å²) in [5, 5.41) is 8.57. The lowest BCUT2D eigenvalue weighted by Gasteiger charge is -2.14. The molecule has 17 heavy (non-hydrogen) atoms. The van der Waals surface area contributed by atoms with Crippen LogP contribution in [-0.2, 0) is 19.5 Å². The van der Waals surface area contributed by atoms with Crippen molar-refractivity contribution in [3.05, 3.63) is 35.7 Å². The molecule has 0 aliphatic carbocycles. The molecule has 0 saturated heterocycles. The molecular formula is C13H16N4. The normalized spacial score (nSPS) is 14.6. The van der Waals surface area contributed by atoms with Gasteiger partial charge in [-0.05, 0) is 18.4 Å². The van der Waals surface area contributed by atoms with Crippen molar-refractivity contribution in [2.75, 3.05) is 0 Å². The van der Waals surface area contributed by atoms with Crippen molar-refractivity contribution >= 4 is 0 Å². The second-order valence-electron chi connectivity index (χ2n) is 4.45. The smallest absolute Gasteiger partial charge is 0.163 e. The highest BCUT2D eigenvalue weighted by molar-refractivity contribution is 5.56. The molecule has 0 radical (unpaired) electrons. The minimum absolute atomic E-state index is 0.582. The van der Waals surface area contributed by atoms with Crippen molar-refractivity contribution in [2.45, 2.75) is 32.4 Å². The molecule has 2 aromatic rings. The summed E-state index contributed by atoms with van der Waals surface area (Å²) in [4.78, 5) is 0. The van der Waals surface area contributed by atoms with E-state index in [2.05, 4.69) is 39.0 Å². The van der Waals surface area contributed by atoms with E-state index in [1.54, 1.807) is 0 Å². The number of fused-ring (bicyclic) bond motifs is 1. The van der Waals surface area contributed by atoms with E-state index >= 15 is 0 Å². The monoisotopic (exact) mass is 228 g/mol. The first kappa shape index (κ1) is 10.5. The molecule has 0 atom stereocenters. The predicted octanol–water partition coefficient (Wildman–Crippen LogP) is 1.74. The molecule has 2 N–H and O–H groups in total. The lowest BCUT2D eigenvalue weighted by molar-refractivity contribution is 0.526. The number of nitrogens with two attached hydrogens (primary N) is 1. The number of aromatic nitrogens is 3. The van der Waals surface area contributed by atoms with E-state index in [9.17, 15) is 0 Å². The molecule has 0 fully saturated rings. The van der Waals surface area contributed by atoms with Crippen LogP contribution in [0.15, 0.2) is 24.3 Å². The van der Waals surface area contributed by atoms with E-state index < -0.39 is 0 Å². The van der Waals surface area contributed by atoms with Gasteiger partial charge >= 0.3 is 0 Å². The van der Waals surface area contributed by atoms with Crippen molar-refractivity contribution in [2.24, 2.45) is 5.73 Å². The maximum atomic E-state index is 5.60. The molecule has 1 aromatic heterocycles. The van der Waals surface area contributed by atoms with Crippen molar-refractivity contribution in [1.29, 1.82) is 0 Å². The second-order valence-corrected chi connectivity index (χ2v) is 4.45. The Hall–Kier alpha value is -1.68. The van der Waals surface area contributed by atoms with Gasteiger partial charge in [-0.1, -0.05) is 24.3 Å². The number of hydrogen-bond donors (Lipinski definition) is 1. The first-order valence-electron chi connectivity index (χ1n) is 6.10. The van der Waals surface area contributed by atoms with Gasteiger partial charge in [-0.25, -0.2) is 0 Å². The first-order chi connectivity index (χ1) is 8.38. The quantitative estimate of drug-likeness (QED) is 0.851.